The van der Waals surface area contributed by atoms with E-state index in [0.29, 0.717) is 0 Å². The van der Waals surface area contributed by atoms with E-state index in [9.17, 15) is 0 Å². The Morgan fingerprint density at radius 3 is 0.482 bits per heavy atom. The van der Waals surface area contributed by atoms with E-state index in [2.05, 4.69) is 353 Å². The highest BCUT2D eigenvalue weighted by Gasteiger charge is 2.58. The smallest absolute Gasteiger partial charge is 0.0680 e. The molecule has 2 heteroatoms. The van der Waals surface area contributed by atoms with Crippen LogP contribution in [0.25, 0.3) is 0 Å². The van der Waals surface area contributed by atoms with Gasteiger partial charge in [0.05, 0.1) is 29.3 Å². The Morgan fingerprint density at radius 1 is 0.209 bits per heavy atom. The Morgan fingerprint density at radius 2 is 0.345 bits per heavy atom. The number of hydrogen-bond acceptors (Lipinski definition) is 0. The summed E-state index contributed by atoms with van der Waals surface area (Å²) in [6, 6.07) is 120. The van der Waals surface area contributed by atoms with E-state index in [1.54, 1.807) is 54.9 Å². The van der Waals surface area contributed by atoms with Crippen LogP contribution in [0.15, 0.2) is 291 Å². The number of hydrogen-bond donors (Lipinski definition) is 0. The van der Waals surface area contributed by atoms with Crippen molar-refractivity contribution in [1.29, 1.82) is 0 Å². The van der Waals surface area contributed by atoms with Gasteiger partial charge in [-0.1, -0.05) is 340 Å². The molecular formula is C108H93Si2. The third-order valence-corrected chi connectivity index (χ3v) is 46.2. The first-order valence-corrected chi connectivity index (χ1v) is 46.3. The van der Waals surface area contributed by atoms with Crippen LogP contribution in [-0.2, 0) is 47.3 Å². The van der Waals surface area contributed by atoms with E-state index >= 15 is 0 Å². The van der Waals surface area contributed by atoms with E-state index < -0.39 is 37.6 Å². The highest BCUT2D eigenvalue weighted by Crippen LogP contribution is 2.66. The topological polar surface area (TPSA) is 0 Å². The Labute approximate surface area is 653 Å². The first kappa shape index (κ1) is 66.5. The molecule has 0 nitrogen and oxygen atoms in total. The van der Waals surface area contributed by atoms with Gasteiger partial charge in [-0.25, -0.2) is 0 Å². The minimum absolute atomic E-state index is 0.181. The summed E-state index contributed by atoms with van der Waals surface area (Å²) in [7, 11) is -4.25. The quantitative estimate of drug-likeness (QED) is 0.0952. The summed E-state index contributed by atoms with van der Waals surface area (Å²) in [5.41, 5.74) is 49.0. The van der Waals surface area contributed by atoms with Gasteiger partial charge < -0.3 is 0 Å². The van der Waals surface area contributed by atoms with Crippen LogP contribution in [0.2, 0.25) is 18.1 Å². The van der Waals surface area contributed by atoms with Crippen molar-refractivity contribution in [1.82, 2.24) is 0 Å². The Hall–Kier alpha value is -10.5. The van der Waals surface area contributed by atoms with E-state index in [1.807, 2.05) is 0 Å². The fourth-order valence-electron chi connectivity index (χ4n) is 26.0. The molecule has 1 radical (unpaired) electrons. The van der Waals surface area contributed by atoms with Gasteiger partial charge in [-0.05, 0) is 256 Å². The summed E-state index contributed by atoms with van der Waals surface area (Å²) < 4.78 is 0. The van der Waals surface area contributed by atoms with Crippen LogP contribution in [-0.4, -0.2) is 15.9 Å². The molecule has 14 aromatic rings. The van der Waals surface area contributed by atoms with Crippen molar-refractivity contribution in [2.24, 2.45) is 0 Å². The molecule has 12 aliphatic rings. The van der Waals surface area contributed by atoms with E-state index in [4.69, 9.17) is 0 Å². The molecule has 8 bridgehead atoms. The monoisotopic (exact) mass is 1450 g/mol. The predicted molar refractivity (Wildman–Crippen MR) is 459 cm³/mol. The second-order valence-corrected chi connectivity index (χ2v) is 45.4. The van der Waals surface area contributed by atoms with Gasteiger partial charge in [0.15, 0.2) is 0 Å². The van der Waals surface area contributed by atoms with Crippen LogP contribution in [0.5, 0.6) is 0 Å². The average molecular weight is 1450 g/mol. The van der Waals surface area contributed by atoms with Gasteiger partial charge in [-0.15, -0.1) is 0 Å². The van der Waals surface area contributed by atoms with Crippen LogP contribution < -0.4 is 10.4 Å². The Bertz CT molecular complexity index is 5080. The molecule has 0 aliphatic heterocycles. The lowest BCUT2D eigenvalue weighted by atomic mass is 9.50. The van der Waals surface area contributed by atoms with Crippen molar-refractivity contribution < 1.29 is 0 Å². The zero-order chi connectivity index (χ0) is 74.1. The van der Waals surface area contributed by atoms with Crippen LogP contribution in [0.1, 0.15) is 234 Å². The SMILES string of the molecule is CC[Si](CC)(CC)[Si](c1c(C)c(CC23c4ccccc4C(c4ccccc42)c2ccccc23)c(C)c(CC23c4ccccc4C(c4ccccc42)c2ccccc23)c1C)c1c(C)c(CC23c4ccccc4C(c4ccccc42)c2ccccc23)c(C)c(CC23c4ccccc4C(c4ccccc42)c2ccccc23)c1C. The largest absolute Gasteiger partial charge is 0.114 e. The average Bonchev–Trinajstić information content (AvgIpc) is 0.689. The zero-order valence-electron chi connectivity index (χ0n) is 65.0. The Balaban J connectivity index is 0.878. The van der Waals surface area contributed by atoms with Crippen molar-refractivity contribution in [3.8, 4) is 0 Å². The number of rotatable bonds is 14. The van der Waals surface area contributed by atoms with Crippen LogP contribution >= 0.6 is 0 Å². The maximum atomic E-state index is 2.69. The van der Waals surface area contributed by atoms with Gasteiger partial charge >= 0.3 is 0 Å². The van der Waals surface area contributed by atoms with E-state index in [0.717, 1.165) is 25.7 Å². The lowest BCUT2D eigenvalue weighted by molar-refractivity contribution is 0.530. The summed E-state index contributed by atoms with van der Waals surface area (Å²) in [5, 5.41) is 3.44. The molecule has 26 rings (SSSR count). The molecule has 0 spiro atoms. The van der Waals surface area contributed by atoms with Crippen molar-refractivity contribution >= 4 is 26.3 Å². The molecule has 533 valence electrons. The molecule has 0 unspecified atom stereocenters. The summed E-state index contributed by atoms with van der Waals surface area (Å²) in [5.74, 6) is 0.725. The van der Waals surface area contributed by atoms with Crippen molar-refractivity contribution in [2.75, 3.05) is 0 Å². The van der Waals surface area contributed by atoms with E-state index in [1.165, 1.54) is 163 Å². The molecular weight excluding hydrogens is 1350 g/mol. The molecule has 0 saturated heterocycles. The van der Waals surface area contributed by atoms with Gasteiger partial charge in [0.2, 0.25) is 0 Å². The summed E-state index contributed by atoms with van der Waals surface area (Å²) >= 11 is 0. The molecule has 12 aliphatic carbocycles. The third-order valence-electron chi connectivity index (χ3n) is 30.7. The second-order valence-electron chi connectivity index (χ2n) is 34.2. The molecule has 0 saturated carbocycles. The first-order chi connectivity index (χ1) is 53.9. The lowest BCUT2D eigenvalue weighted by Gasteiger charge is -2.52. The lowest BCUT2D eigenvalue weighted by Crippen LogP contribution is -2.66. The van der Waals surface area contributed by atoms with Crippen LogP contribution in [0.4, 0.5) is 0 Å². The third kappa shape index (κ3) is 8.22. The first-order valence-electron chi connectivity index (χ1n) is 41.2. The molecule has 110 heavy (non-hydrogen) atoms. The van der Waals surface area contributed by atoms with Crippen LogP contribution in [0.3, 0.4) is 0 Å². The fourth-order valence-corrected chi connectivity index (χ4v) is 40.6. The zero-order valence-corrected chi connectivity index (χ0v) is 67.0. The highest BCUT2D eigenvalue weighted by atomic mass is 29.2. The number of benzene rings is 14. The minimum Gasteiger partial charge on any atom is -0.0680 e. The summed E-state index contributed by atoms with van der Waals surface area (Å²) in [6.07, 6.45) is 3.45. The molecule has 0 atom stereocenters. The van der Waals surface area contributed by atoms with Crippen molar-refractivity contribution in [3.63, 3.8) is 0 Å². The predicted octanol–water partition coefficient (Wildman–Crippen LogP) is 23.3. The summed E-state index contributed by atoms with van der Waals surface area (Å²) in [4.78, 5) is 0. The fraction of sp³-hybridized carbons (Fsp3) is 0.222. The maximum absolute atomic E-state index is 2.69. The normalized spacial score (nSPS) is 22.0. The highest BCUT2D eigenvalue weighted by molar-refractivity contribution is 7.42. The van der Waals surface area contributed by atoms with Gasteiger partial charge in [0, 0.05) is 23.7 Å². The molecule has 0 heterocycles. The molecule has 0 fully saturated rings. The van der Waals surface area contributed by atoms with Gasteiger partial charge in [0.1, 0.15) is 8.31 Å². The standard InChI is InChI=1S/C108H93Si2/c1-10-110(11-2,12-3)109(103-67(6)83(61-105-87-49-25-13-37-71(87)99(72-38-14-26-50-88(72)105)73-39-15-27-51-89(73)105)65(4)84(68(103)7)62-106-90-52-28-16-40-74(90)100(75-41-17-29-53-91(75)106)76-42-18-30-54-92(76)106)104-69(8)85(63-107-93-55-31-19-43-77(93)101(78-44-20-32-56-94(78)107)79-45-21-33-57-95(79)107)66(5)86(70(104)9)64-108-96-58-34-22-46-80(96)102(81-47-23-35-59-97(81)108)82-48-24-36-60-98(82)108/h13-60,99-102H,10-12,61-64H2,1-9H3. The van der Waals surface area contributed by atoms with Crippen LogP contribution in [0, 0.1) is 41.5 Å². The van der Waals surface area contributed by atoms with Gasteiger partial charge in [-0.3, -0.25) is 0 Å². The van der Waals surface area contributed by atoms with Crippen molar-refractivity contribution in [3.05, 3.63) is 480 Å². The maximum Gasteiger partial charge on any atom is 0.114 e. The van der Waals surface area contributed by atoms with Gasteiger partial charge in [0.25, 0.3) is 0 Å². The minimum atomic E-state index is -2.46. The molecule has 0 aromatic heterocycles. The van der Waals surface area contributed by atoms with E-state index in [-0.39, 0.29) is 23.7 Å². The Kier molecular flexibility index (Phi) is 14.5. The molecule has 14 aromatic carbocycles. The second kappa shape index (κ2) is 24.0. The molecule has 0 N–H and O–H groups in total. The van der Waals surface area contributed by atoms with Gasteiger partial charge in [-0.2, -0.15) is 0 Å². The molecule has 0 amide bonds. The van der Waals surface area contributed by atoms with Crippen molar-refractivity contribution in [2.45, 2.75) is 151 Å². The summed E-state index contributed by atoms with van der Waals surface area (Å²) in [6.45, 7) is 24.0.